The molecule has 2 heterocycles. The number of likely N-dealkylation sites (tertiary alicyclic amines) is 1. The lowest BCUT2D eigenvalue weighted by atomic mass is 10.1. The number of methoxy groups -OCH3 is 1. The lowest BCUT2D eigenvalue weighted by Gasteiger charge is -2.31. The zero-order chi connectivity index (χ0) is 18.8. The van der Waals surface area contributed by atoms with E-state index in [1.165, 1.54) is 6.33 Å². The van der Waals surface area contributed by atoms with Gasteiger partial charge < -0.3 is 25.0 Å². The summed E-state index contributed by atoms with van der Waals surface area (Å²) in [6, 6.07) is 1.65. The van der Waals surface area contributed by atoms with Crippen molar-refractivity contribution in [1.82, 2.24) is 20.2 Å². The fraction of sp³-hybridized carbons (Fsp3) is 0.647. The normalized spacial score (nSPS) is 14.8. The molecule has 0 radical (unpaired) electrons. The van der Waals surface area contributed by atoms with Crippen molar-refractivity contribution >= 4 is 17.8 Å². The molecule has 0 spiro atoms. The van der Waals surface area contributed by atoms with Crippen LogP contribution < -0.4 is 10.6 Å². The molecule has 1 aromatic heterocycles. The van der Waals surface area contributed by atoms with Gasteiger partial charge in [-0.15, -0.1) is 0 Å². The van der Waals surface area contributed by atoms with Crippen molar-refractivity contribution in [2.45, 2.75) is 32.2 Å². The lowest BCUT2D eigenvalue weighted by molar-refractivity contribution is 0.0856. The van der Waals surface area contributed by atoms with Gasteiger partial charge in [-0.2, -0.15) is 0 Å². The Morgan fingerprint density at radius 2 is 2.08 bits per heavy atom. The number of anilines is 1. The summed E-state index contributed by atoms with van der Waals surface area (Å²) >= 11 is 0. The van der Waals surface area contributed by atoms with Crippen LogP contribution in [-0.2, 0) is 9.47 Å². The fourth-order valence-electron chi connectivity index (χ4n) is 2.69. The standard InChI is InChI=1S/C17H27N5O4/c1-3-26-17(24)22-8-5-13(6-9-22)21-16(23)14-11-15(20-12-19-14)18-7-4-10-25-2/h11-13H,3-10H2,1-2H3,(H,21,23)(H,18,19,20). The maximum atomic E-state index is 12.4. The molecule has 0 aromatic carbocycles. The van der Waals surface area contributed by atoms with E-state index in [9.17, 15) is 9.59 Å². The summed E-state index contributed by atoms with van der Waals surface area (Å²) in [6.07, 6.45) is 3.31. The monoisotopic (exact) mass is 365 g/mol. The number of hydrogen-bond donors (Lipinski definition) is 2. The van der Waals surface area contributed by atoms with Gasteiger partial charge in [-0.3, -0.25) is 4.79 Å². The summed E-state index contributed by atoms with van der Waals surface area (Å²) in [7, 11) is 1.66. The number of hydrogen-bond acceptors (Lipinski definition) is 7. The Morgan fingerprint density at radius 1 is 1.31 bits per heavy atom. The molecular formula is C17H27N5O4. The van der Waals surface area contributed by atoms with E-state index in [0.717, 1.165) is 6.42 Å². The Labute approximate surface area is 153 Å². The summed E-state index contributed by atoms with van der Waals surface area (Å²) in [5, 5.41) is 6.11. The number of nitrogens with zero attached hydrogens (tertiary/aromatic N) is 3. The van der Waals surface area contributed by atoms with Crippen molar-refractivity contribution in [2.24, 2.45) is 0 Å². The molecule has 144 valence electrons. The maximum absolute atomic E-state index is 12.4. The van der Waals surface area contributed by atoms with Crippen molar-refractivity contribution in [3.63, 3.8) is 0 Å². The zero-order valence-corrected chi connectivity index (χ0v) is 15.4. The van der Waals surface area contributed by atoms with Gasteiger partial charge in [0.25, 0.3) is 5.91 Å². The molecule has 9 heteroatoms. The molecule has 1 aliphatic rings. The third kappa shape index (κ3) is 6.14. The minimum Gasteiger partial charge on any atom is -0.450 e. The van der Waals surface area contributed by atoms with Gasteiger partial charge in [-0.25, -0.2) is 14.8 Å². The number of nitrogens with one attached hydrogen (secondary N) is 2. The van der Waals surface area contributed by atoms with E-state index in [1.54, 1.807) is 25.0 Å². The summed E-state index contributed by atoms with van der Waals surface area (Å²) < 4.78 is 9.99. The Kier molecular flexibility index (Phi) is 8.07. The average molecular weight is 365 g/mol. The van der Waals surface area contributed by atoms with Gasteiger partial charge in [-0.05, 0) is 26.2 Å². The first-order valence-electron chi connectivity index (χ1n) is 8.91. The highest BCUT2D eigenvalue weighted by Crippen LogP contribution is 2.12. The Hall–Kier alpha value is -2.42. The van der Waals surface area contributed by atoms with Gasteiger partial charge in [0.2, 0.25) is 0 Å². The Bertz CT molecular complexity index is 590. The average Bonchev–Trinajstić information content (AvgIpc) is 2.66. The second-order valence-corrected chi connectivity index (χ2v) is 6.00. The predicted octanol–water partition coefficient (Wildman–Crippen LogP) is 1.28. The summed E-state index contributed by atoms with van der Waals surface area (Å²) in [5.41, 5.74) is 0.321. The molecule has 0 aliphatic carbocycles. The van der Waals surface area contributed by atoms with Crippen LogP contribution in [0.15, 0.2) is 12.4 Å². The second-order valence-electron chi connectivity index (χ2n) is 6.00. The van der Waals surface area contributed by atoms with Crippen LogP contribution in [0.4, 0.5) is 10.6 Å². The molecule has 1 aromatic rings. The minimum atomic E-state index is -0.294. The first kappa shape index (κ1) is 19.9. The highest BCUT2D eigenvalue weighted by molar-refractivity contribution is 5.93. The van der Waals surface area contributed by atoms with Gasteiger partial charge in [0.15, 0.2) is 0 Å². The van der Waals surface area contributed by atoms with Crippen molar-refractivity contribution in [3.8, 4) is 0 Å². The molecule has 2 rings (SSSR count). The van der Waals surface area contributed by atoms with Gasteiger partial charge in [-0.1, -0.05) is 0 Å². The Morgan fingerprint density at radius 3 is 2.77 bits per heavy atom. The van der Waals surface area contributed by atoms with E-state index in [4.69, 9.17) is 9.47 Å². The van der Waals surface area contributed by atoms with Crippen LogP contribution in [0.25, 0.3) is 0 Å². The molecular weight excluding hydrogens is 338 g/mol. The third-order valence-electron chi connectivity index (χ3n) is 4.09. The number of ether oxygens (including phenoxy) is 2. The number of aromatic nitrogens is 2. The first-order valence-corrected chi connectivity index (χ1v) is 8.91. The SMILES string of the molecule is CCOC(=O)N1CCC(NC(=O)c2cc(NCCCOC)ncn2)CC1. The number of amides is 2. The van der Waals surface area contributed by atoms with E-state index in [1.807, 2.05) is 0 Å². The summed E-state index contributed by atoms with van der Waals surface area (Å²) in [5.74, 6) is 0.375. The van der Waals surface area contributed by atoms with E-state index in [0.29, 0.717) is 57.2 Å². The molecule has 0 saturated carbocycles. The van der Waals surface area contributed by atoms with Crippen LogP contribution in [-0.4, -0.2) is 72.9 Å². The third-order valence-corrected chi connectivity index (χ3v) is 4.09. The smallest absolute Gasteiger partial charge is 0.409 e. The highest BCUT2D eigenvalue weighted by atomic mass is 16.6. The zero-order valence-electron chi connectivity index (χ0n) is 15.4. The second kappa shape index (κ2) is 10.5. The van der Waals surface area contributed by atoms with Crippen LogP contribution in [0.3, 0.4) is 0 Å². The largest absolute Gasteiger partial charge is 0.450 e. The number of carbonyl (C=O) groups is 2. The van der Waals surface area contributed by atoms with E-state index in [2.05, 4.69) is 20.6 Å². The van der Waals surface area contributed by atoms with Crippen LogP contribution in [0, 0.1) is 0 Å². The number of rotatable bonds is 8. The first-order chi connectivity index (χ1) is 12.6. The molecule has 0 atom stereocenters. The molecule has 0 unspecified atom stereocenters. The summed E-state index contributed by atoms with van der Waals surface area (Å²) in [4.78, 5) is 33.9. The van der Waals surface area contributed by atoms with E-state index in [-0.39, 0.29) is 18.0 Å². The van der Waals surface area contributed by atoms with E-state index >= 15 is 0 Å². The van der Waals surface area contributed by atoms with Crippen LogP contribution in [0.1, 0.15) is 36.7 Å². The quantitative estimate of drug-likeness (QED) is 0.668. The van der Waals surface area contributed by atoms with Gasteiger partial charge in [0, 0.05) is 45.5 Å². The Balaban J connectivity index is 1.80. The number of carbonyl (C=O) groups excluding carboxylic acids is 2. The van der Waals surface area contributed by atoms with Gasteiger partial charge >= 0.3 is 6.09 Å². The molecule has 26 heavy (non-hydrogen) atoms. The van der Waals surface area contributed by atoms with Crippen molar-refractivity contribution < 1.29 is 19.1 Å². The van der Waals surface area contributed by atoms with Crippen molar-refractivity contribution in [2.75, 3.05) is 45.3 Å². The van der Waals surface area contributed by atoms with Crippen LogP contribution in [0.5, 0.6) is 0 Å². The molecule has 2 amide bonds. The maximum Gasteiger partial charge on any atom is 0.409 e. The molecule has 0 bridgehead atoms. The molecule has 2 N–H and O–H groups in total. The lowest BCUT2D eigenvalue weighted by Crippen LogP contribution is -2.46. The van der Waals surface area contributed by atoms with Gasteiger partial charge in [0.1, 0.15) is 17.8 Å². The molecule has 1 saturated heterocycles. The number of piperidine rings is 1. The molecule has 1 aliphatic heterocycles. The molecule has 9 nitrogen and oxygen atoms in total. The highest BCUT2D eigenvalue weighted by Gasteiger charge is 2.25. The minimum absolute atomic E-state index is 0.0150. The van der Waals surface area contributed by atoms with Gasteiger partial charge in [0.05, 0.1) is 6.61 Å². The summed E-state index contributed by atoms with van der Waals surface area (Å²) in [6.45, 7) is 4.66. The van der Waals surface area contributed by atoms with Crippen molar-refractivity contribution in [1.29, 1.82) is 0 Å². The van der Waals surface area contributed by atoms with Crippen LogP contribution >= 0.6 is 0 Å². The molecule has 1 fully saturated rings. The topological polar surface area (TPSA) is 106 Å². The van der Waals surface area contributed by atoms with Crippen LogP contribution in [0.2, 0.25) is 0 Å². The van der Waals surface area contributed by atoms with Crippen molar-refractivity contribution in [3.05, 3.63) is 18.1 Å². The van der Waals surface area contributed by atoms with E-state index < -0.39 is 0 Å². The fourth-order valence-corrected chi connectivity index (χ4v) is 2.69. The predicted molar refractivity (Wildman–Crippen MR) is 96.1 cm³/mol.